The number of fused-ring (bicyclic) bond motifs is 1. The molecule has 1 saturated heterocycles. The number of amides is 1. The minimum absolute atomic E-state index is 0.00994. The fourth-order valence-corrected chi connectivity index (χ4v) is 4.21. The van der Waals surface area contributed by atoms with Gasteiger partial charge in [0.15, 0.2) is 11.5 Å². The van der Waals surface area contributed by atoms with Gasteiger partial charge in [-0.3, -0.25) is 14.6 Å². The van der Waals surface area contributed by atoms with Crippen LogP contribution in [0.25, 0.3) is 5.76 Å². The van der Waals surface area contributed by atoms with Gasteiger partial charge < -0.3 is 24.2 Å². The van der Waals surface area contributed by atoms with Crippen molar-refractivity contribution in [3.8, 4) is 17.2 Å². The van der Waals surface area contributed by atoms with Gasteiger partial charge in [0.2, 0.25) is 0 Å². The Morgan fingerprint density at radius 1 is 1.09 bits per heavy atom. The number of ether oxygens (including phenoxy) is 3. The van der Waals surface area contributed by atoms with E-state index < -0.39 is 17.7 Å². The third-order valence-electron chi connectivity index (χ3n) is 5.86. The molecule has 172 valence electrons. The molecule has 0 unspecified atom stereocenters. The van der Waals surface area contributed by atoms with Crippen LogP contribution in [0.15, 0.2) is 72.6 Å². The lowest BCUT2D eigenvalue weighted by Gasteiger charge is -2.25. The monoisotopic (exact) mass is 458 g/mol. The number of carbonyl (C=O) groups is 2. The standard InChI is InChI=1S/C26H22N2O6/c1-32-19-7-4-17(5-8-19)23-22(24(29)18-6-9-20-21(13-18)34-12-11-33-20)25(30)26(31)28(23)15-16-3-2-10-27-14-16/h2-10,13-14,23,29H,11-12,15H2,1H3/b24-22+/t23-/m1/s1. The van der Waals surface area contributed by atoms with Gasteiger partial charge in [-0.25, -0.2) is 0 Å². The maximum atomic E-state index is 13.2. The van der Waals surface area contributed by atoms with Crippen molar-refractivity contribution in [3.63, 3.8) is 0 Å². The van der Waals surface area contributed by atoms with E-state index >= 15 is 0 Å². The lowest BCUT2D eigenvalue weighted by Crippen LogP contribution is -2.29. The molecule has 0 saturated carbocycles. The van der Waals surface area contributed by atoms with E-state index in [0.717, 1.165) is 5.56 Å². The number of benzene rings is 2. The number of hydrogen-bond donors (Lipinski definition) is 1. The summed E-state index contributed by atoms with van der Waals surface area (Å²) in [5, 5.41) is 11.3. The first-order chi connectivity index (χ1) is 16.6. The molecule has 1 atom stereocenters. The second-order valence-corrected chi connectivity index (χ2v) is 7.92. The Kier molecular flexibility index (Phi) is 5.63. The molecule has 5 rings (SSSR count). The Morgan fingerprint density at radius 2 is 1.85 bits per heavy atom. The number of nitrogens with zero attached hydrogens (tertiary/aromatic N) is 2. The number of aliphatic hydroxyl groups excluding tert-OH is 1. The summed E-state index contributed by atoms with van der Waals surface area (Å²) in [5.41, 5.74) is 1.81. The van der Waals surface area contributed by atoms with E-state index in [-0.39, 0.29) is 17.9 Å². The number of likely N-dealkylation sites (tertiary alicyclic amines) is 1. The Labute approximate surface area is 196 Å². The minimum atomic E-state index is -0.792. The smallest absolute Gasteiger partial charge is 0.295 e. The van der Waals surface area contributed by atoms with E-state index in [9.17, 15) is 14.7 Å². The van der Waals surface area contributed by atoms with Crippen molar-refractivity contribution in [1.82, 2.24) is 9.88 Å². The summed E-state index contributed by atoms with van der Waals surface area (Å²) in [4.78, 5) is 31.9. The van der Waals surface area contributed by atoms with Crippen LogP contribution in [0.3, 0.4) is 0 Å². The number of hydrogen-bond acceptors (Lipinski definition) is 7. The van der Waals surface area contributed by atoms with Crippen molar-refractivity contribution in [2.75, 3.05) is 20.3 Å². The normalized spacial score (nSPS) is 18.7. The van der Waals surface area contributed by atoms with Crippen molar-refractivity contribution in [2.24, 2.45) is 0 Å². The zero-order chi connectivity index (χ0) is 23.7. The zero-order valence-electron chi connectivity index (χ0n) is 18.4. The first kappa shape index (κ1) is 21.5. The number of rotatable bonds is 5. The minimum Gasteiger partial charge on any atom is -0.507 e. The number of carbonyl (C=O) groups excluding carboxylic acids is 2. The number of Topliss-reactive ketones (excluding diaryl/α,β-unsaturated/α-hetero) is 1. The second-order valence-electron chi connectivity index (χ2n) is 7.92. The van der Waals surface area contributed by atoms with Crippen LogP contribution in [0.5, 0.6) is 17.2 Å². The number of methoxy groups -OCH3 is 1. The summed E-state index contributed by atoms with van der Waals surface area (Å²) >= 11 is 0. The molecule has 2 aliphatic heterocycles. The van der Waals surface area contributed by atoms with Gasteiger partial charge in [0.05, 0.1) is 18.7 Å². The van der Waals surface area contributed by atoms with Crippen LogP contribution in [0.4, 0.5) is 0 Å². The lowest BCUT2D eigenvalue weighted by atomic mass is 9.95. The number of ketones is 1. The summed E-state index contributed by atoms with van der Waals surface area (Å²) in [6.07, 6.45) is 3.28. The third-order valence-corrected chi connectivity index (χ3v) is 5.86. The molecule has 0 aliphatic carbocycles. The first-order valence-electron chi connectivity index (χ1n) is 10.8. The van der Waals surface area contributed by atoms with E-state index in [0.29, 0.717) is 41.6 Å². The maximum absolute atomic E-state index is 13.2. The molecule has 2 aromatic carbocycles. The largest absolute Gasteiger partial charge is 0.507 e. The highest BCUT2D eigenvalue weighted by molar-refractivity contribution is 6.46. The van der Waals surface area contributed by atoms with E-state index in [2.05, 4.69) is 4.98 Å². The summed E-state index contributed by atoms with van der Waals surface area (Å²) in [6, 6.07) is 14.8. The van der Waals surface area contributed by atoms with E-state index in [1.54, 1.807) is 68.0 Å². The number of pyridine rings is 1. The van der Waals surface area contributed by atoms with Crippen LogP contribution in [0, 0.1) is 0 Å². The quantitative estimate of drug-likeness (QED) is 0.355. The fraction of sp³-hybridized carbons (Fsp3) is 0.192. The molecule has 1 N–H and O–H groups in total. The summed E-state index contributed by atoms with van der Waals surface area (Å²) in [7, 11) is 1.56. The van der Waals surface area contributed by atoms with Gasteiger partial charge in [-0.1, -0.05) is 18.2 Å². The molecule has 1 amide bonds. The highest BCUT2D eigenvalue weighted by Crippen LogP contribution is 2.42. The van der Waals surface area contributed by atoms with E-state index in [1.165, 1.54) is 4.90 Å². The van der Waals surface area contributed by atoms with Gasteiger partial charge in [-0.15, -0.1) is 0 Å². The molecule has 34 heavy (non-hydrogen) atoms. The highest BCUT2D eigenvalue weighted by Gasteiger charge is 2.46. The summed E-state index contributed by atoms with van der Waals surface area (Å²) < 4.78 is 16.4. The lowest BCUT2D eigenvalue weighted by molar-refractivity contribution is -0.140. The van der Waals surface area contributed by atoms with Crippen LogP contribution in [-0.4, -0.2) is 47.0 Å². The van der Waals surface area contributed by atoms with E-state index in [4.69, 9.17) is 14.2 Å². The van der Waals surface area contributed by atoms with Crippen molar-refractivity contribution in [2.45, 2.75) is 12.6 Å². The zero-order valence-corrected chi connectivity index (χ0v) is 18.4. The number of aliphatic hydroxyl groups is 1. The molecular weight excluding hydrogens is 436 g/mol. The molecule has 2 aliphatic rings. The molecule has 8 nitrogen and oxygen atoms in total. The molecule has 3 heterocycles. The Hall–Kier alpha value is -4.33. The predicted molar refractivity (Wildman–Crippen MR) is 123 cm³/mol. The molecule has 0 spiro atoms. The molecular formula is C26H22N2O6. The van der Waals surface area contributed by atoms with Crippen molar-refractivity contribution < 1.29 is 28.9 Å². The van der Waals surface area contributed by atoms with Gasteiger partial charge >= 0.3 is 0 Å². The average Bonchev–Trinajstić information content (AvgIpc) is 3.13. The van der Waals surface area contributed by atoms with Gasteiger partial charge in [0.25, 0.3) is 11.7 Å². The van der Waals surface area contributed by atoms with Crippen molar-refractivity contribution in [3.05, 3.63) is 89.3 Å². The SMILES string of the molecule is COc1ccc([C@@H]2/C(=C(\O)c3ccc4c(c3)OCCO4)C(=O)C(=O)N2Cc2cccnc2)cc1. The third kappa shape index (κ3) is 3.83. The summed E-state index contributed by atoms with van der Waals surface area (Å²) in [5.74, 6) is -0.0436. The molecule has 1 aromatic heterocycles. The van der Waals surface area contributed by atoms with Crippen LogP contribution < -0.4 is 14.2 Å². The molecule has 8 heteroatoms. The molecule has 3 aromatic rings. The molecule has 1 fully saturated rings. The maximum Gasteiger partial charge on any atom is 0.295 e. The van der Waals surface area contributed by atoms with Gasteiger partial charge in [-0.05, 0) is 47.5 Å². The van der Waals surface area contributed by atoms with Crippen LogP contribution in [0.2, 0.25) is 0 Å². The van der Waals surface area contributed by atoms with E-state index in [1.807, 2.05) is 6.07 Å². The van der Waals surface area contributed by atoms with Crippen molar-refractivity contribution >= 4 is 17.4 Å². The van der Waals surface area contributed by atoms with Gasteiger partial charge in [0, 0.05) is 24.5 Å². The second kappa shape index (κ2) is 8.90. The predicted octanol–water partition coefficient (Wildman–Crippen LogP) is 3.48. The van der Waals surface area contributed by atoms with Crippen molar-refractivity contribution in [1.29, 1.82) is 0 Å². The van der Waals surface area contributed by atoms with Crippen LogP contribution in [0.1, 0.15) is 22.7 Å². The Bertz CT molecular complexity index is 1270. The molecule has 0 bridgehead atoms. The highest BCUT2D eigenvalue weighted by atomic mass is 16.6. The van der Waals surface area contributed by atoms with Gasteiger partial charge in [0.1, 0.15) is 24.7 Å². The van der Waals surface area contributed by atoms with Gasteiger partial charge in [-0.2, -0.15) is 0 Å². The first-order valence-corrected chi connectivity index (χ1v) is 10.8. The van der Waals surface area contributed by atoms with Crippen LogP contribution in [-0.2, 0) is 16.1 Å². The topological polar surface area (TPSA) is 98.2 Å². The molecule has 0 radical (unpaired) electrons. The average molecular weight is 458 g/mol. The fourth-order valence-electron chi connectivity index (χ4n) is 4.21. The summed E-state index contributed by atoms with van der Waals surface area (Å²) in [6.45, 7) is 0.987. The number of aromatic nitrogens is 1. The Morgan fingerprint density at radius 3 is 2.56 bits per heavy atom. The Balaban J connectivity index is 1.62. The van der Waals surface area contributed by atoms with Crippen LogP contribution >= 0.6 is 0 Å².